The number of hydrogen-bond donors (Lipinski definition) is 14. The number of benzene rings is 1. The van der Waals surface area contributed by atoms with Gasteiger partial charge in [-0.3, -0.25) is 52.7 Å². The maximum atomic E-state index is 14.5. The van der Waals surface area contributed by atoms with Crippen LogP contribution in [-0.2, 0) is 64.0 Å². The third-order valence-electron chi connectivity index (χ3n) is 14.0. The van der Waals surface area contributed by atoms with Crippen LogP contribution in [0.3, 0.4) is 0 Å². The van der Waals surface area contributed by atoms with Crippen LogP contribution in [0.1, 0.15) is 117 Å². The van der Waals surface area contributed by atoms with Crippen molar-refractivity contribution in [3.8, 4) is 0 Å². The largest absolute Gasteiger partial charge is 0.481 e. The summed E-state index contributed by atoms with van der Waals surface area (Å²) in [7, 11) is 0. The number of nitrogens with two attached hydrogens (primary N) is 2. The molecule has 16 N–H and O–H groups in total. The van der Waals surface area contributed by atoms with Gasteiger partial charge in [0.2, 0.25) is 59.1 Å². The quantitative estimate of drug-likeness (QED) is 0.0370. The van der Waals surface area contributed by atoms with E-state index in [0.29, 0.717) is 42.3 Å². The van der Waals surface area contributed by atoms with E-state index in [1.165, 1.54) is 11.8 Å². The molecule has 2 aliphatic heterocycles. The number of primary amides is 2. The van der Waals surface area contributed by atoms with E-state index in [-0.39, 0.29) is 44.6 Å². The lowest BCUT2D eigenvalue weighted by Gasteiger charge is -2.33. The number of nitrogens with one attached hydrogen (secondary N) is 9. The highest BCUT2D eigenvalue weighted by atomic mass is 16.4. The van der Waals surface area contributed by atoms with Gasteiger partial charge in [-0.2, -0.15) is 0 Å². The molecule has 0 bridgehead atoms. The van der Waals surface area contributed by atoms with Gasteiger partial charge in [0, 0.05) is 49.3 Å². The number of aromatic amines is 1. The molecule has 27 heteroatoms. The van der Waals surface area contributed by atoms with Crippen LogP contribution in [0.25, 0.3) is 10.9 Å². The summed E-state index contributed by atoms with van der Waals surface area (Å²) in [6.45, 7) is 8.91. The number of amides is 10. The van der Waals surface area contributed by atoms with Crippen LogP contribution < -0.4 is 54.0 Å². The Kier molecular flexibility index (Phi) is 24.6. The summed E-state index contributed by atoms with van der Waals surface area (Å²) in [4.78, 5) is 163. The Hall–Kier alpha value is -7.68. The van der Waals surface area contributed by atoms with E-state index in [1.54, 1.807) is 58.2 Å². The molecule has 2 fully saturated rings. The van der Waals surface area contributed by atoms with Crippen molar-refractivity contribution in [2.45, 2.75) is 179 Å². The van der Waals surface area contributed by atoms with Gasteiger partial charge in [-0.1, -0.05) is 52.3 Å². The summed E-state index contributed by atoms with van der Waals surface area (Å²) in [6, 6.07) is -5.11. The molecule has 0 saturated carbocycles. The number of nitrogens with zero attached hydrogens (tertiary/aromatic N) is 1. The molecule has 1 aromatic heterocycles. The van der Waals surface area contributed by atoms with E-state index in [4.69, 9.17) is 16.6 Å². The van der Waals surface area contributed by atoms with Gasteiger partial charge in [0.1, 0.15) is 48.3 Å². The van der Waals surface area contributed by atoms with Gasteiger partial charge in [-0.05, 0) is 88.3 Å². The van der Waals surface area contributed by atoms with Crippen molar-refractivity contribution in [3.63, 3.8) is 0 Å². The number of aliphatic hydroxyl groups is 1. The zero-order valence-electron chi connectivity index (χ0n) is 45.3. The predicted octanol–water partition coefficient (Wildman–Crippen LogP) is -2.20. The van der Waals surface area contributed by atoms with Crippen molar-refractivity contribution in [3.05, 3.63) is 36.0 Å². The van der Waals surface area contributed by atoms with E-state index < -0.39 is 163 Å². The molecule has 4 rings (SSSR count). The molecule has 2 saturated heterocycles. The highest BCUT2D eigenvalue weighted by Gasteiger charge is 2.42. The summed E-state index contributed by atoms with van der Waals surface area (Å²) in [6.07, 6.45) is -0.487. The van der Waals surface area contributed by atoms with Gasteiger partial charge in [0.05, 0.1) is 12.1 Å². The molecule has 0 unspecified atom stereocenters. The van der Waals surface area contributed by atoms with Gasteiger partial charge in [0.25, 0.3) is 0 Å². The number of carbonyl (C=O) groups is 12. The summed E-state index contributed by atoms with van der Waals surface area (Å²) in [5, 5.41) is 51.4. The third kappa shape index (κ3) is 19.3. The Bertz CT molecular complexity index is 2530. The first kappa shape index (κ1) is 63.8. The van der Waals surface area contributed by atoms with E-state index in [9.17, 15) is 67.7 Å². The second-order valence-corrected chi connectivity index (χ2v) is 20.7. The molecule has 10 amide bonds. The Morgan fingerprint density at radius 1 is 0.658 bits per heavy atom. The predicted molar refractivity (Wildman–Crippen MR) is 283 cm³/mol. The van der Waals surface area contributed by atoms with Gasteiger partial charge in [0.15, 0.2) is 0 Å². The number of H-pyrrole nitrogens is 1. The summed E-state index contributed by atoms with van der Waals surface area (Å²) in [5.41, 5.74) is 11.9. The van der Waals surface area contributed by atoms with Crippen LogP contribution >= 0.6 is 0 Å². The van der Waals surface area contributed by atoms with Crippen molar-refractivity contribution in [2.24, 2.45) is 23.3 Å². The molecule has 11 atom stereocenters. The number of likely N-dealkylation sites (tertiary alicyclic amines) is 1. The molecule has 0 spiro atoms. The highest BCUT2D eigenvalue weighted by molar-refractivity contribution is 5.99. The van der Waals surface area contributed by atoms with E-state index in [0.717, 1.165) is 6.42 Å². The zero-order chi connectivity index (χ0) is 58.7. The fourth-order valence-corrected chi connectivity index (χ4v) is 9.40. The van der Waals surface area contributed by atoms with E-state index >= 15 is 0 Å². The number of hydrogen-bond acceptors (Lipinski definition) is 14. The van der Waals surface area contributed by atoms with Crippen LogP contribution in [0, 0.1) is 11.8 Å². The molecular weight excluding hydrogens is 1030 g/mol. The van der Waals surface area contributed by atoms with Gasteiger partial charge >= 0.3 is 11.9 Å². The molecule has 436 valence electrons. The molecule has 0 radical (unpaired) electrons. The molecule has 2 aromatic rings. The van der Waals surface area contributed by atoms with Gasteiger partial charge in [-0.25, -0.2) is 4.79 Å². The number of carboxylic acids is 2. The number of para-hydroxylation sites is 1. The summed E-state index contributed by atoms with van der Waals surface area (Å²) >= 11 is 0. The Labute approximate surface area is 457 Å². The monoisotopic (exact) mass is 1110 g/mol. The van der Waals surface area contributed by atoms with Crippen LogP contribution in [-0.4, -0.2) is 170 Å². The number of aliphatic hydroxyl groups excluding tert-OH is 1. The number of carboxylic acid groups (broad SMARTS) is 2. The maximum absolute atomic E-state index is 14.5. The first-order valence-corrected chi connectivity index (χ1v) is 26.7. The standard InChI is InChI=1S/C52H78N12O15/c1-6-27(4)42(62-46(72)34(16-19-40(54)67)57-44(70)32-13-9-21-55-32)51(77)64-22-10-14-38(64)49(75)63-43(28(5)65)50(76)61-36(23-26(2)3)47(73)60-37(24-29-25-56-31-12-8-7-11-30(29)31)48(74)58-33(15-18-39(53)66)45(71)59-35(52(78)79)17-20-41(68)69/h7-8,11-12,25-28,32-38,42-43,55-56,65H,6,9-10,13-24H2,1-5H3,(H2,53,66)(H2,54,67)(H,57,70)(H,58,74)(H,59,71)(H,60,73)(H,61,76)(H,62,72)(H,63,75)(H,68,69)(H,78,79)/t27-,28+,32-,33-,34-,35-,36-,37-,38-,42-,43-/m0/s1. The fourth-order valence-electron chi connectivity index (χ4n) is 9.40. The molecular formula is C52H78N12O15. The first-order chi connectivity index (χ1) is 37.3. The minimum absolute atomic E-state index is 0.0474. The van der Waals surface area contributed by atoms with Crippen LogP contribution in [0.15, 0.2) is 30.5 Å². The average molecular weight is 1110 g/mol. The molecule has 2 aliphatic rings. The zero-order valence-corrected chi connectivity index (χ0v) is 45.3. The number of aliphatic carboxylic acids is 2. The topological polar surface area (TPSA) is 433 Å². The van der Waals surface area contributed by atoms with E-state index in [2.05, 4.69) is 47.5 Å². The van der Waals surface area contributed by atoms with Crippen molar-refractivity contribution in [1.82, 2.24) is 52.4 Å². The third-order valence-corrected chi connectivity index (χ3v) is 14.0. The van der Waals surface area contributed by atoms with Crippen LogP contribution in [0.2, 0.25) is 0 Å². The molecule has 1 aromatic carbocycles. The number of fused-ring (bicyclic) bond motifs is 1. The van der Waals surface area contributed by atoms with Crippen molar-refractivity contribution in [2.75, 3.05) is 13.1 Å². The number of carbonyl (C=O) groups excluding carboxylic acids is 10. The van der Waals surface area contributed by atoms with Crippen molar-refractivity contribution >= 4 is 81.9 Å². The Morgan fingerprint density at radius 3 is 1.81 bits per heavy atom. The van der Waals surface area contributed by atoms with Crippen LogP contribution in [0.4, 0.5) is 0 Å². The second-order valence-electron chi connectivity index (χ2n) is 20.7. The summed E-state index contributed by atoms with van der Waals surface area (Å²) < 4.78 is 0. The fraction of sp³-hybridized carbons (Fsp3) is 0.615. The molecule has 0 aliphatic carbocycles. The van der Waals surface area contributed by atoms with Gasteiger partial charge in [-0.15, -0.1) is 0 Å². The molecule has 3 heterocycles. The Morgan fingerprint density at radius 2 is 1.23 bits per heavy atom. The average Bonchev–Trinajstić information content (AvgIpc) is 4.24. The van der Waals surface area contributed by atoms with Crippen molar-refractivity contribution < 1.29 is 72.9 Å². The smallest absolute Gasteiger partial charge is 0.326 e. The molecule has 79 heavy (non-hydrogen) atoms. The van der Waals surface area contributed by atoms with Gasteiger partial charge < -0.3 is 79.2 Å². The number of rotatable bonds is 32. The van der Waals surface area contributed by atoms with E-state index in [1.807, 2.05) is 0 Å². The first-order valence-electron chi connectivity index (χ1n) is 26.7. The second kappa shape index (κ2) is 30.5. The lowest BCUT2D eigenvalue weighted by Crippen LogP contribution is -2.62. The van der Waals surface area contributed by atoms with Crippen molar-refractivity contribution in [1.29, 1.82) is 0 Å². The lowest BCUT2D eigenvalue weighted by molar-refractivity contribution is -0.144. The molecule has 27 nitrogen and oxygen atoms in total. The number of aromatic nitrogens is 1. The minimum Gasteiger partial charge on any atom is -0.481 e. The summed E-state index contributed by atoms with van der Waals surface area (Å²) in [5.74, 6) is -11.9. The SMILES string of the molecule is CC[C@H](C)[C@H](NC(=O)[C@H](CCC(N)=O)NC(=O)[C@@H]1CCCN1)C(=O)N1CCC[C@H]1C(=O)N[C@H](C(=O)N[C@@H](CC(C)C)C(=O)N[C@@H](Cc1c[nH]c2ccccc12)C(=O)N[C@@H](CCC(N)=O)C(=O)N[C@@H](CCC(=O)O)C(=O)O)[C@@H](C)O. The minimum atomic E-state index is -1.71. The Balaban J connectivity index is 1.56. The highest BCUT2D eigenvalue weighted by Crippen LogP contribution is 2.23. The van der Waals surface area contributed by atoms with Crippen LogP contribution in [0.5, 0.6) is 0 Å². The lowest BCUT2D eigenvalue weighted by atomic mass is 9.96. The maximum Gasteiger partial charge on any atom is 0.326 e. The normalized spacial score (nSPS) is 18.5.